The lowest BCUT2D eigenvalue weighted by Crippen LogP contribution is -2.50. The van der Waals surface area contributed by atoms with Gasteiger partial charge in [-0.2, -0.15) is 0 Å². The number of nitrogens with zero attached hydrogens (tertiary/aromatic N) is 4. The standard InChI is InChI=1S/C38H46N8O6/c1-5-29(35(47)43-37(49)50)45-21(3)7-17-31(45)33-39-19-27(41-33)25-13-9-23(10-14-25)24-11-15-26(16-12-24)28-20-40-34(42-28)32-18-8-22(4)46(32)30(6-2)36(48)44-38(51)52/h9-16,19-22,29-32H,5-8,17-18H2,1-4H3,(H,39,41)(H,40,42)(H,43,47)(H,44,48)(H,49,50)(H,51,52)/t21-,22-,29-,30-,31-,32-/m0/s1. The molecule has 2 aliphatic heterocycles. The summed E-state index contributed by atoms with van der Waals surface area (Å²) in [4.78, 5) is 68.3. The molecule has 0 radical (unpaired) electrons. The monoisotopic (exact) mass is 710 g/mol. The van der Waals surface area contributed by atoms with Crippen LogP contribution in [0.3, 0.4) is 0 Å². The highest BCUT2D eigenvalue weighted by atomic mass is 16.4. The van der Waals surface area contributed by atoms with E-state index in [-0.39, 0.29) is 24.2 Å². The smallest absolute Gasteiger partial charge is 0.411 e. The molecule has 14 heteroatoms. The minimum atomic E-state index is -1.35. The maximum Gasteiger partial charge on any atom is 0.411 e. The maximum absolute atomic E-state index is 12.7. The topological polar surface area (TPSA) is 197 Å². The van der Waals surface area contributed by atoms with Crippen LogP contribution in [0.15, 0.2) is 60.9 Å². The van der Waals surface area contributed by atoms with E-state index in [0.717, 1.165) is 71.0 Å². The molecule has 6 N–H and O–H groups in total. The molecule has 4 heterocycles. The minimum Gasteiger partial charge on any atom is -0.465 e. The lowest BCUT2D eigenvalue weighted by atomic mass is 10.0. The highest BCUT2D eigenvalue weighted by Gasteiger charge is 2.42. The Morgan fingerprint density at radius 3 is 1.33 bits per heavy atom. The number of H-pyrrole nitrogens is 2. The number of carbonyl (C=O) groups is 4. The van der Waals surface area contributed by atoms with Crippen LogP contribution in [-0.2, 0) is 9.59 Å². The second-order valence-corrected chi connectivity index (χ2v) is 13.7. The molecule has 0 saturated carbocycles. The molecule has 2 aliphatic rings. The Kier molecular flexibility index (Phi) is 10.9. The third kappa shape index (κ3) is 7.48. The van der Waals surface area contributed by atoms with Gasteiger partial charge in [0.15, 0.2) is 0 Å². The maximum atomic E-state index is 12.7. The van der Waals surface area contributed by atoms with Gasteiger partial charge >= 0.3 is 12.2 Å². The van der Waals surface area contributed by atoms with E-state index in [1.54, 1.807) is 0 Å². The fourth-order valence-corrected chi connectivity index (χ4v) is 8.03. The van der Waals surface area contributed by atoms with Crippen LogP contribution in [0, 0.1) is 0 Å². The molecule has 0 aliphatic carbocycles. The summed E-state index contributed by atoms with van der Waals surface area (Å²) in [5.41, 5.74) is 5.55. The lowest BCUT2D eigenvalue weighted by molar-refractivity contribution is -0.127. The summed E-state index contributed by atoms with van der Waals surface area (Å²) in [7, 11) is 0. The zero-order chi connectivity index (χ0) is 37.1. The predicted molar refractivity (Wildman–Crippen MR) is 194 cm³/mol. The van der Waals surface area contributed by atoms with Gasteiger partial charge in [-0.3, -0.25) is 30.0 Å². The van der Waals surface area contributed by atoms with Gasteiger partial charge in [-0.25, -0.2) is 19.6 Å². The van der Waals surface area contributed by atoms with Crippen molar-refractivity contribution in [2.45, 2.75) is 102 Å². The van der Waals surface area contributed by atoms with Crippen molar-refractivity contribution in [2.75, 3.05) is 0 Å². The van der Waals surface area contributed by atoms with E-state index in [2.05, 4.69) is 57.9 Å². The SMILES string of the molecule is CC[C@@H](C(=O)NC(=O)O)N1[C@@H](C)CC[C@H]1c1nc(-c2ccc(-c3ccc(-c4c[nH]c([C@@H]5CC[C@H](C)N5[C@@H](CC)C(=O)NC(=O)O)n4)cc3)cc2)c[nH]1. The third-order valence-corrected chi connectivity index (χ3v) is 10.5. The Labute approximate surface area is 302 Å². The first-order chi connectivity index (χ1) is 25.0. The number of rotatable bonds is 11. The average Bonchev–Trinajstić information content (AvgIpc) is 3.93. The molecule has 6 rings (SSSR count). The summed E-state index contributed by atoms with van der Waals surface area (Å²) in [5.74, 6) is 0.478. The van der Waals surface area contributed by atoms with Crippen LogP contribution >= 0.6 is 0 Å². The van der Waals surface area contributed by atoms with Crippen molar-refractivity contribution in [1.29, 1.82) is 0 Å². The number of nitrogens with one attached hydrogen (secondary N) is 4. The fourth-order valence-electron chi connectivity index (χ4n) is 8.03. The van der Waals surface area contributed by atoms with E-state index >= 15 is 0 Å². The van der Waals surface area contributed by atoms with Crippen LogP contribution < -0.4 is 10.6 Å². The Morgan fingerprint density at radius 1 is 0.654 bits per heavy atom. The number of carboxylic acid groups (broad SMARTS) is 2. The first-order valence-electron chi connectivity index (χ1n) is 17.9. The van der Waals surface area contributed by atoms with Crippen LogP contribution in [0.25, 0.3) is 33.6 Å². The van der Waals surface area contributed by atoms with Crippen LogP contribution in [-0.4, -0.2) is 88.1 Å². The largest absolute Gasteiger partial charge is 0.465 e. The zero-order valence-corrected chi connectivity index (χ0v) is 29.8. The van der Waals surface area contributed by atoms with E-state index in [0.29, 0.717) is 12.8 Å². The van der Waals surface area contributed by atoms with Crippen LogP contribution in [0.5, 0.6) is 0 Å². The van der Waals surface area contributed by atoms with Gasteiger partial charge in [-0.1, -0.05) is 62.4 Å². The number of imide groups is 2. The van der Waals surface area contributed by atoms with Crippen molar-refractivity contribution in [1.82, 2.24) is 40.4 Å². The van der Waals surface area contributed by atoms with Crippen LogP contribution in [0.4, 0.5) is 9.59 Å². The molecule has 6 atom stereocenters. The summed E-state index contributed by atoms with van der Waals surface area (Å²) in [6.45, 7) is 7.88. The Balaban J connectivity index is 1.13. The Hall–Kier alpha value is -5.34. The third-order valence-electron chi connectivity index (χ3n) is 10.5. The molecule has 14 nitrogen and oxygen atoms in total. The second kappa shape index (κ2) is 15.5. The lowest BCUT2D eigenvalue weighted by Gasteiger charge is -2.33. The van der Waals surface area contributed by atoms with E-state index in [9.17, 15) is 19.2 Å². The Bertz CT molecular complexity index is 1770. The highest BCUT2D eigenvalue weighted by Crippen LogP contribution is 2.39. The number of carbonyl (C=O) groups excluding carboxylic acids is 2. The number of likely N-dealkylation sites (tertiary alicyclic amines) is 2. The van der Waals surface area contributed by atoms with Gasteiger partial charge in [-0.15, -0.1) is 0 Å². The summed E-state index contributed by atoms with van der Waals surface area (Å²) < 4.78 is 0. The van der Waals surface area contributed by atoms with Crippen molar-refractivity contribution in [3.63, 3.8) is 0 Å². The molecular weight excluding hydrogens is 664 g/mol. The number of benzene rings is 2. The van der Waals surface area contributed by atoms with E-state index in [1.807, 2.05) is 61.1 Å². The normalized spacial score (nSPS) is 21.8. The van der Waals surface area contributed by atoms with Crippen molar-refractivity contribution < 1.29 is 29.4 Å². The quantitative estimate of drug-likeness (QED) is 0.102. The fraction of sp³-hybridized carbons (Fsp3) is 0.421. The first kappa shape index (κ1) is 36.5. The number of aromatic amines is 2. The van der Waals surface area contributed by atoms with Crippen molar-refractivity contribution in [2.24, 2.45) is 0 Å². The van der Waals surface area contributed by atoms with E-state index < -0.39 is 36.1 Å². The molecule has 2 aromatic carbocycles. The highest BCUT2D eigenvalue weighted by molar-refractivity contribution is 5.94. The molecule has 0 spiro atoms. The van der Waals surface area contributed by atoms with Crippen molar-refractivity contribution >= 4 is 24.0 Å². The van der Waals surface area contributed by atoms with Gasteiger partial charge in [0.1, 0.15) is 11.6 Å². The van der Waals surface area contributed by atoms with Gasteiger partial charge in [0.25, 0.3) is 0 Å². The molecular formula is C38H46N8O6. The number of hydrogen-bond acceptors (Lipinski definition) is 8. The molecule has 4 amide bonds. The minimum absolute atomic E-state index is 0.102. The summed E-state index contributed by atoms with van der Waals surface area (Å²) >= 11 is 0. The summed E-state index contributed by atoms with van der Waals surface area (Å²) in [5, 5.41) is 22.3. The van der Waals surface area contributed by atoms with Gasteiger partial charge in [0.05, 0.1) is 35.6 Å². The molecule has 2 saturated heterocycles. The zero-order valence-electron chi connectivity index (χ0n) is 29.8. The van der Waals surface area contributed by atoms with Gasteiger partial charge < -0.3 is 20.2 Å². The molecule has 2 fully saturated rings. The number of imidazole rings is 2. The Morgan fingerprint density at radius 2 is 1.00 bits per heavy atom. The van der Waals surface area contributed by atoms with Gasteiger partial charge in [0.2, 0.25) is 11.8 Å². The summed E-state index contributed by atoms with van der Waals surface area (Å²) in [6.07, 6.45) is 5.37. The number of aromatic nitrogens is 4. The van der Waals surface area contributed by atoms with Crippen LogP contribution in [0.1, 0.15) is 90.0 Å². The van der Waals surface area contributed by atoms with E-state index in [4.69, 9.17) is 20.2 Å². The number of amides is 4. The molecule has 0 unspecified atom stereocenters. The van der Waals surface area contributed by atoms with Crippen molar-refractivity contribution in [3.8, 4) is 33.6 Å². The summed E-state index contributed by atoms with van der Waals surface area (Å²) in [6, 6.07) is 15.1. The molecule has 4 aromatic rings. The van der Waals surface area contributed by atoms with Crippen molar-refractivity contribution in [3.05, 3.63) is 72.6 Å². The van der Waals surface area contributed by atoms with Gasteiger partial charge in [-0.05, 0) is 63.5 Å². The average molecular weight is 711 g/mol. The van der Waals surface area contributed by atoms with E-state index in [1.165, 1.54) is 0 Å². The molecule has 0 bridgehead atoms. The molecule has 274 valence electrons. The second-order valence-electron chi connectivity index (χ2n) is 13.7. The van der Waals surface area contributed by atoms with Gasteiger partial charge in [0, 0.05) is 35.6 Å². The molecule has 2 aromatic heterocycles. The van der Waals surface area contributed by atoms with Crippen LogP contribution in [0.2, 0.25) is 0 Å². The number of hydrogen-bond donors (Lipinski definition) is 6. The predicted octanol–water partition coefficient (Wildman–Crippen LogP) is 6.33. The first-order valence-corrected chi connectivity index (χ1v) is 17.9. The molecule has 52 heavy (non-hydrogen) atoms.